The Hall–Kier alpha value is -7.92. The molecule has 0 radical (unpaired) electrons. The van der Waals surface area contributed by atoms with E-state index < -0.39 is 0 Å². The van der Waals surface area contributed by atoms with Gasteiger partial charge in [0, 0.05) is 79.0 Å². The zero-order valence-electron chi connectivity index (χ0n) is 49.4. The highest BCUT2D eigenvalue weighted by molar-refractivity contribution is 6.43. The molecule has 2 heterocycles. The summed E-state index contributed by atoms with van der Waals surface area (Å²) in [6, 6.07) is 40.8. The monoisotopic (exact) mass is 1180 g/mol. The van der Waals surface area contributed by atoms with Gasteiger partial charge in [0.05, 0.1) is 22.5 Å². The number of hydrogen-bond acceptors (Lipinski definition) is 8. The molecule has 0 aliphatic carbocycles. The minimum absolute atomic E-state index is 0.294. The Kier molecular flexibility index (Phi) is 19.5. The summed E-state index contributed by atoms with van der Waals surface area (Å²) in [4.78, 5) is 72.1. The van der Waals surface area contributed by atoms with E-state index in [1.165, 1.54) is 86.8 Å². The lowest BCUT2D eigenvalue weighted by molar-refractivity contribution is 0.0592. The number of amides is 4. The van der Waals surface area contributed by atoms with Crippen LogP contribution in [-0.2, 0) is 0 Å². The molecule has 440 valence electrons. The van der Waals surface area contributed by atoms with E-state index in [2.05, 4.69) is 23.8 Å². The van der Waals surface area contributed by atoms with Crippen LogP contribution in [0.2, 0.25) is 10.0 Å². The lowest BCUT2D eigenvalue weighted by Gasteiger charge is -2.31. The van der Waals surface area contributed by atoms with Crippen LogP contribution in [0.5, 0.6) is 23.0 Å². The number of fused-ring (bicyclic) bond motifs is 2. The molecule has 4 amide bonds. The molecule has 0 atom stereocenters. The van der Waals surface area contributed by atoms with Crippen LogP contribution in [0.4, 0.5) is 11.4 Å². The van der Waals surface area contributed by atoms with E-state index >= 15 is 9.59 Å². The molecule has 10 nitrogen and oxygen atoms in total. The van der Waals surface area contributed by atoms with Gasteiger partial charge in [0.1, 0.15) is 23.0 Å². The van der Waals surface area contributed by atoms with Crippen molar-refractivity contribution in [3.8, 4) is 23.0 Å². The SMILES string of the molecule is CCCCCCCCCCCCN1C(=O)c2ccc3c4c(Oc5ccc(C=Nc6cccc(Cl)c6)cc5)cc5c6c(ccc(c7c(Oc8ccc(C=Nc9cccc(Cl)c9)cc8)cc(c2c37)C1=O)c64)C(=O)N(CCCCCCCCCCCC)C5=O. The Bertz CT molecular complexity index is 3750. The summed E-state index contributed by atoms with van der Waals surface area (Å²) >= 11 is 12.5. The zero-order chi connectivity index (χ0) is 59.5. The highest BCUT2D eigenvalue weighted by atomic mass is 35.5. The van der Waals surface area contributed by atoms with Crippen LogP contribution in [-0.4, -0.2) is 58.9 Å². The average molecular weight is 1190 g/mol. The lowest BCUT2D eigenvalue weighted by Crippen LogP contribution is -2.41. The highest BCUT2D eigenvalue weighted by Gasteiger charge is 2.39. The second kappa shape index (κ2) is 28.1. The molecule has 0 fully saturated rings. The van der Waals surface area contributed by atoms with E-state index in [1.807, 2.05) is 97.1 Å². The van der Waals surface area contributed by atoms with Gasteiger partial charge in [0.25, 0.3) is 23.6 Å². The van der Waals surface area contributed by atoms with Crippen molar-refractivity contribution in [1.82, 2.24) is 9.80 Å². The van der Waals surface area contributed by atoms with E-state index in [4.69, 9.17) is 32.7 Å². The van der Waals surface area contributed by atoms with E-state index in [0.29, 0.717) is 124 Å². The second-order valence-corrected chi connectivity index (χ2v) is 24.0. The highest BCUT2D eigenvalue weighted by Crippen LogP contribution is 2.53. The second-order valence-electron chi connectivity index (χ2n) is 23.1. The number of hydrogen-bond donors (Lipinski definition) is 0. The number of carbonyl (C=O) groups is 4. The van der Waals surface area contributed by atoms with Gasteiger partial charge in [-0.2, -0.15) is 0 Å². The van der Waals surface area contributed by atoms with Crippen molar-refractivity contribution >= 4 is 114 Å². The topological polar surface area (TPSA) is 118 Å². The molecule has 0 saturated carbocycles. The van der Waals surface area contributed by atoms with Crippen LogP contribution < -0.4 is 9.47 Å². The Morgan fingerprint density at radius 1 is 0.372 bits per heavy atom. The predicted molar refractivity (Wildman–Crippen MR) is 353 cm³/mol. The summed E-state index contributed by atoms with van der Waals surface area (Å²) in [5.41, 5.74) is 4.63. The average Bonchev–Trinajstić information content (AvgIpc) is 0.798. The summed E-state index contributed by atoms with van der Waals surface area (Å²) < 4.78 is 14.0. The molecule has 2 aliphatic rings. The molecule has 0 unspecified atom stereocenters. The van der Waals surface area contributed by atoms with E-state index in [9.17, 15) is 9.59 Å². The maximum absolute atomic E-state index is 15.1. The molecule has 86 heavy (non-hydrogen) atoms. The minimum Gasteiger partial charge on any atom is -0.457 e. The number of unbranched alkanes of at least 4 members (excludes halogenated alkanes) is 18. The molecule has 9 aromatic carbocycles. The first-order valence-electron chi connectivity index (χ1n) is 31.3. The number of benzene rings is 9. The van der Waals surface area contributed by atoms with Crippen molar-refractivity contribution in [3.05, 3.63) is 177 Å². The Morgan fingerprint density at radius 3 is 1.08 bits per heavy atom. The lowest BCUT2D eigenvalue weighted by atomic mass is 9.81. The first-order chi connectivity index (χ1) is 42.1. The number of carbonyl (C=O) groups excluding carboxylic acids is 4. The molecular weight excluding hydrogens is 1110 g/mol. The van der Waals surface area contributed by atoms with Gasteiger partial charge in [-0.15, -0.1) is 0 Å². The van der Waals surface area contributed by atoms with Gasteiger partial charge < -0.3 is 9.47 Å². The molecule has 11 rings (SSSR count). The number of halogens is 2. The molecule has 0 N–H and O–H groups in total. The Balaban J connectivity index is 1.00. The maximum Gasteiger partial charge on any atom is 0.261 e. The molecule has 0 bridgehead atoms. The van der Waals surface area contributed by atoms with Gasteiger partial charge in [-0.3, -0.25) is 39.0 Å². The maximum atomic E-state index is 15.1. The number of imide groups is 2. The van der Waals surface area contributed by atoms with Gasteiger partial charge >= 0.3 is 0 Å². The molecule has 0 saturated heterocycles. The van der Waals surface area contributed by atoms with E-state index in [-0.39, 0.29) is 23.6 Å². The number of rotatable bonds is 30. The van der Waals surface area contributed by atoms with Gasteiger partial charge in [0.15, 0.2) is 0 Å². The standard InChI is InChI=1S/C74H74Cl2N4O6/c1-3-5-7-9-11-13-15-17-19-21-41-79-71(81)59-39-37-57-68-64(86-56-35-31-50(32-36-56)48-78-54-28-24-26-52(76)44-54)46-62-66-60(72(82)80(74(62)84)42-22-20-18-16-14-12-10-8-6-4-2)40-38-58(70(66)68)67-63(45-61(73(79)83)65(59)69(57)67)85-55-33-29-49(30-34-55)47-77-53-27-23-25-51(75)43-53/h23-40,43-48H,3-22,41-42H2,1-2H3. The van der Waals surface area contributed by atoms with Gasteiger partial charge in [-0.1, -0.05) is 177 Å². The third-order valence-electron chi connectivity index (χ3n) is 17.0. The molecular formula is C74H74Cl2N4O6. The quantitative estimate of drug-likeness (QED) is 0.0145. The van der Waals surface area contributed by atoms with Crippen molar-refractivity contribution in [1.29, 1.82) is 0 Å². The van der Waals surface area contributed by atoms with Crippen molar-refractivity contribution in [2.75, 3.05) is 13.1 Å². The number of nitrogens with zero attached hydrogens (tertiary/aromatic N) is 4. The van der Waals surface area contributed by atoms with Crippen LogP contribution in [0.1, 0.15) is 195 Å². The summed E-state index contributed by atoms with van der Waals surface area (Å²) in [7, 11) is 0. The van der Waals surface area contributed by atoms with Crippen molar-refractivity contribution < 1.29 is 28.7 Å². The fourth-order valence-corrected chi connectivity index (χ4v) is 12.9. The zero-order valence-corrected chi connectivity index (χ0v) is 50.9. The van der Waals surface area contributed by atoms with E-state index in [0.717, 1.165) is 61.0 Å². The Labute approximate surface area is 514 Å². The molecule has 9 aromatic rings. The fraction of sp³-hybridized carbons (Fsp3) is 0.324. The van der Waals surface area contributed by atoms with Crippen LogP contribution in [0, 0.1) is 0 Å². The normalized spacial score (nSPS) is 13.4. The van der Waals surface area contributed by atoms with Crippen LogP contribution in [0.3, 0.4) is 0 Å². The molecule has 2 aliphatic heterocycles. The van der Waals surface area contributed by atoms with E-state index in [1.54, 1.807) is 48.8 Å². The van der Waals surface area contributed by atoms with Crippen molar-refractivity contribution in [3.63, 3.8) is 0 Å². The first-order valence-corrected chi connectivity index (χ1v) is 32.0. The Morgan fingerprint density at radius 2 is 0.721 bits per heavy atom. The third-order valence-corrected chi connectivity index (χ3v) is 17.4. The number of ether oxygens (including phenoxy) is 2. The van der Waals surface area contributed by atoms with Gasteiger partial charge in [-0.05, 0) is 144 Å². The smallest absolute Gasteiger partial charge is 0.261 e. The van der Waals surface area contributed by atoms with Gasteiger partial charge in [0.2, 0.25) is 0 Å². The minimum atomic E-state index is -0.384. The van der Waals surface area contributed by atoms with Crippen molar-refractivity contribution in [2.24, 2.45) is 9.98 Å². The fourth-order valence-electron chi connectivity index (χ4n) is 12.5. The third kappa shape index (κ3) is 13.2. The first kappa shape index (κ1) is 59.8. The van der Waals surface area contributed by atoms with Crippen LogP contribution in [0.15, 0.2) is 143 Å². The molecule has 0 aromatic heterocycles. The summed E-state index contributed by atoms with van der Waals surface area (Å²) in [5.74, 6) is 0.307. The largest absolute Gasteiger partial charge is 0.457 e. The van der Waals surface area contributed by atoms with Crippen molar-refractivity contribution in [2.45, 2.75) is 142 Å². The predicted octanol–water partition coefficient (Wildman–Crippen LogP) is 21.2. The van der Waals surface area contributed by atoms with Crippen LogP contribution in [0.25, 0.3) is 43.1 Å². The summed E-state index contributed by atoms with van der Waals surface area (Å²) in [6.45, 7) is 5.06. The molecule has 0 spiro atoms. The van der Waals surface area contributed by atoms with Crippen LogP contribution >= 0.6 is 23.2 Å². The number of aliphatic imine (C=N–C) groups is 2. The molecule has 12 heteroatoms. The summed E-state index contributed by atoms with van der Waals surface area (Å²) in [5, 5.41) is 6.13. The van der Waals surface area contributed by atoms with Gasteiger partial charge in [-0.25, -0.2) is 0 Å². The summed E-state index contributed by atoms with van der Waals surface area (Å²) in [6.07, 6.45) is 26.1.